The average Bonchev–Trinajstić information content (AvgIpc) is 3.72. The van der Waals surface area contributed by atoms with Gasteiger partial charge in [0.2, 0.25) is 0 Å². The summed E-state index contributed by atoms with van der Waals surface area (Å²) in [6.45, 7) is -1.02. The molecule has 21 heteroatoms. The van der Waals surface area contributed by atoms with Crippen LogP contribution in [-0.4, -0.2) is 86.6 Å². The van der Waals surface area contributed by atoms with Crippen molar-refractivity contribution in [2.75, 3.05) is 24.7 Å². The SMILES string of the molecule is Nc1ncnc2c1ncn2[C@@H]1C[C@@H]2COP(=O)(O)O[C@@H]3C[C@H](n4cnc5c(N)ccnc54)O[C@@H]3COP(=O)(O)O[C@@H]2C1O. The summed E-state index contributed by atoms with van der Waals surface area (Å²) in [5.74, 6) is -0.716. The Balaban J connectivity index is 1.15. The zero-order valence-corrected chi connectivity index (χ0v) is 23.9. The molecular weight excluding hydrogens is 612 g/mol. The number of rotatable bonds is 2. The van der Waals surface area contributed by atoms with Gasteiger partial charge >= 0.3 is 15.6 Å². The van der Waals surface area contributed by atoms with Crippen LogP contribution in [0.2, 0.25) is 0 Å². The monoisotopic (exact) mass is 639 g/mol. The first kappa shape index (κ1) is 28.7. The van der Waals surface area contributed by atoms with Crippen LogP contribution in [0.5, 0.6) is 0 Å². The first-order chi connectivity index (χ1) is 20.5. The normalized spacial score (nSPS) is 37.1. The van der Waals surface area contributed by atoms with Crippen LogP contribution in [0.25, 0.3) is 22.3 Å². The average molecular weight is 639 g/mol. The van der Waals surface area contributed by atoms with E-state index in [0.29, 0.717) is 28.0 Å². The Kier molecular flexibility index (Phi) is 7.01. The molecule has 0 spiro atoms. The molecule has 230 valence electrons. The van der Waals surface area contributed by atoms with Crippen molar-refractivity contribution in [2.24, 2.45) is 5.92 Å². The molecule has 4 aromatic rings. The van der Waals surface area contributed by atoms with E-state index < -0.39 is 71.5 Å². The number of pyridine rings is 1. The number of fused-ring (bicyclic) bond motifs is 4. The number of imidazole rings is 2. The van der Waals surface area contributed by atoms with Gasteiger partial charge in [-0.15, -0.1) is 0 Å². The molecule has 2 saturated heterocycles. The molecule has 1 saturated carbocycles. The number of nitrogens with zero attached hydrogens (tertiary/aromatic N) is 7. The third-order valence-corrected chi connectivity index (χ3v) is 9.84. The minimum Gasteiger partial charge on any atom is -0.397 e. The molecule has 19 nitrogen and oxygen atoms in total. The molecular formula is C22H27N9O10P2. The van der Waals surface area contributed by atoms with Crippen molar-refractivity contribution in [3.05, 3.63) is 31.2 Å². The van der Waals surface area contributed by atoms with Crippen LogP contribution in [0, 0.1) is 5.92 Å². The van der Waals surface area contributed by atoms with Gasteiger partial charge < -0.3 is 35.7 Å². The van der Waals surface area contributed by atoms with Gasteiger partial charge in [0.25, 0.3) is 0 Å². The van der Waals surface area contributed by atoms with Crippen LogP contribution in [0.3, 0.4) is 0 Å². The van der Waals surface area contributed by atoms with Crippen molar-refractivity contribution in [1.29, 1.82) is 0 Å². The Morgan fingerprint density at radius 3 is 2.42 bits per heavy atom. The molecule has 3 unspecified atom stereocenters. The third-order valence-electron chi connectivity index (χ3n) is 7.84. The quantitative estimate of drug-likeness (QED) is 0.188. The zero-order valence-electron chi connectivity index (χ0n) is 22.1. The van der Waals surface area contributed by atoms with Crippen LogP contribution >= 0.6 is 15.6 Å². The van der Waals surface area contributed by atoms with Gasteiger partial charge in [0, 0.05) is 18.5 Å². The first-order valence-electron chi connectivity index (χ1n) is 13.1. The highest BCUT2D eigenvalue weighted by molar-refractivity contribution is 7.47. The maximum atomic E-state index is 13.1. The highest BCUT2D eigenvalue weighted by atomic mass is 31.2. The molecule has 7 rings (SSSR count). The molecule has 6 heterocycles. The molecule has 7 N–H and O–H groups in total. The fraction of sp³-hybridized carbons (Fsp3) is 0.500. The Morgan fingerprint density at radius 2 is 1.58 bits per heavy atom. The largest absolute Gasteiger partial charge is 0.472 e. The molecule has 4 aromatic heterocycles. The van der Waals surface area contributed by atoms with E-state index in [1.807, 2.05) is 0 Å². The maximum Gasteiger partial charge on any atom is 0.472 e. The summed E-state index contributed by atoms with van der Waals surface area (Å²) in [4.78, 5) is 42.1. The van der Waals surface area contributed by atoms with E-state index in [1.165, 1.54) is 29.7 Å². The second kappa shape index (κ2) is 10.5. The molecule has 3 aliphatic rings. The number of phosphoric acid groups is 2. The Hall–Kier alpha value is -3.09. The predicted molar refractivity (Wildman–Crippen MR) is 145 cm³/mol. The lowest BCUT2D eigenvalue weighted by molar-refractivity contribution is -0.0585. The second-order valence-corrected chi connectivity index (χ2v) is 13.3. The van der Waals surface area contributed by atoms with Gasteiger partial charge in [-0.3, -0.25) is 22.7 Å². The molecule has 2 aliphatic heterocycles. The minimum atomic E-state index is -4.81. The van der Waals surface area contributed by atoms with Crippen molar-refractivity contribution < 1.29 is 46.9 Å². The number of aliphatic hydroxyl groups excluding tert-OH is 1. The number of nitrogens with two attached hydrogens (primary N) is 2. The molecule has 0 radical (unpaired) electrons. The lowest BCUT2D eigenvalue weighted by atomic mass is 10.1. The van der Waals surface area contributed by atoms with E-state index in [1.54, 1.807) is 10.6 Å². The van der Waals surface area contributed by atoms with E-state index in [-0.39, 0.29) is 18.7 Å². The number of aromatic nitrogens is 7. The summed E-state index contributed by atoms with van der Waals surface area (Å²) >= 11 is 0. The molecule has 0 bridgehead atoms. The summed E-state index contributed by atoms with van der Waals surface area (Å²) in [5.41, 5.74) is 13.7. The number of phosphoric ester groups is 2. The van der Waals surface area contributed by atoms with Gasteiger partial charge in [-0.05, 0) is 12.5 Å². The third kappa shape index (κ3) is 5.21. The van der Waals surface area contributed by atoms with Gasteiger partial charge in [-0.25, -0.2) is 34.0 Å². The van der Waals surface area contributed by atoms with Gasteiger partial charge in [-0.1, -0.05) is 0 Å². The van der Waals surface area contributed by atoms with E-state index in [4.69, 9.17) is 34.3 Å². The summed E-state index contributed by atoms with van der Waals surface area (Å²) < 4.78 is 56.9. The van der Waals surface area contributed by atoms with E-state index >= 15 is 0 Å². The standard InChI is InChI=1S/C22H27N9O10P2/c23-11-1-2-25-21-16(11)28-9-31(21)15-4-13-14(39-15)6-38-43(35,36)41-19-10(5-37-42(33,34)40-13)3-12(18(19)32)30-8-29-17-20(24)26-7-27-22(17)30/h1-2,7-10,12-15,18-19,32H,3-6H2,(H2,23,25)(H,33,34)(H,35,36)(H2,24,26,27)/t10-,12-,13-,14-,15-,18?,19+/m1/s1. The van der Waals surface area contributed by atoms with Crippen LogP contribution in [-0.2, 0) is 32.0 Å². The zero-order chi connectivity index (χ0) is 30.1. The first-order valence-corrected chi connectivity index (χ1v) is 16.1. The number of aliphatic hydroxyl groups is 1. The van der Waals surface area contributed by atoms with Crippen LogP contribution < -0.4 is 11.5 Å². The fourth-order valence-corrected chi connectivity index (χ4v) is 7.83. The Labute approximate surface area is 242 Å². The Bertz CT molecular complexity index is 1790. The van der Waals surface area contributed by atoms with Gasteiger partial charge in [-0.2, -0.15) is 0 Å². The number of nitrogen functional groups attached to an aromatic ring is 2. The molecule has 43 heavy (non-hydrogen) atoms. The number of hydrogen-bond donors (Lipinski definition) is 5. The highest BCUT2D eigenvalue weighted by Gasteiger charge is 2.51. The van der Waals surface area contributed by atoms with Crippen molar-refractivity contribution in [3.63, 3.8) is 0 Å². The van der Waals surface area contributed by atoms with Crippen LogP contribution in [0.15, 0.2) is 31.2 Å². The van der Waals surface area contributed by atoms with E-state index in [2.05, 4.69) is 24.9 Å². The fourth-order valence-electron chi connectivity index (χ4n) is 5.82. The molecule has 0 aromatic carbocycles. The maximum absolute atomic E-state index is 13.1. The van der Waals surface area contributed by atoms with Gasteiger partial charge in [0.15, 0.2) is 17.1 Å². The lowest BCUT2D eigenvalue weighted by Gasteiger charge is -2.28. The van der Waals surface area contributed by atoms with Gasteiger partial charge in [0.1, 0.15) is 48.0 Å². The smallest absolute Gasteiger partial charge is 0.397 e. The van der Waals surface area contributed by atoms with Gasteiger partial charge in [0.05, 0.1) is 37.6 Å². The molecule has 1 aliphatic carbocycles. The summed E-state index contributed by atoms with van der Waals surface area (Å²) in [6, 6.07) is 0.812. The molecule has 0 amide bonds. The van der Waals surface area contributed by atoms with Crippen molar-refractivity contribution >= 4 is 49.5 Å². The van der Waals surface area contributed by atoms with E-state index in [9.17, 15) is 24.0 Å². The molecule has 3 fully saturated rings. The van der Waals surface area contributed by atoms with E-state index in [0.717, 1.165) is 0 Å². The second-order valence-electron chi connectivity index (χ2n) is 10.5. The number of ether oxygens (including phenoxy) is 1. The summed E-state index contributed by atoms with van der Waals surface area (Å²) in [5, 5.41) is 11.2. The summed E-state index contributed by atoms with van der Waals surface area (Å²) in [7, 11) is -9.53. The lowest BCUT2D eigenvalue weighted by Crippen LogP contribution is -2.34. The topological polar surface area (TPSA) is 267 Å². The summed E-state index contributed by atoms with van der Waals surface area (Å²) in [6.07, 6.45) is -0.0588. The molecule has 9 atom stereocenters. The van der Waals surface area contributed by atoms with Crippen molar-refractivity contribution in [1.82, 2.24) is 34.1 Å². The van der Waals surface area contributed by atoms with Crippen molar-refractivity contribution in [3.8, 4) is 0 Å². The Morgan fingerprint density at radius 1 is 0.860 bits per heavy atom. The van der Waals surface area contributed by atoms with Crippen LogP contribution in [0.4, 0.5) is 11.5 Å². The van der Waals surface area contributed by atoms with Crippen molar-refractivity contribution in [2.45, 2.75) is 49.5 Å². The predicted octanol–water partition coefficient (Wildman–Crippen LogP) is 0.663. The number of anilines is 2. The van der Waals surface area contributed by atoms with Crippen LogP contribution in [0.1, 0.15) is 25.1 Å². The highest BCUT2D eigenvalue weighted by Crippen LogP contribution is 2.55. The number of hydrogen-bond acceptors (Lipinski definition) is 15. The minimum absolute atomic E-state index is 0.0198.